The highest BCUT2D eigenvalue weighted by molar-refractivity contribution is 5.33. The fourth-order valence-electron chi connectivity index (χ4n) is 4.31. The van der Waals surface area contributed by atoms with Crippen molar-refractivity contribution in [1.82, 2.24) is 14.9 Å². The topological polar surface area (TPSA) is 59.5 Å². The van der Waals surface area contributed by atoms with Crippen LogP contribution in [0.5, 0.6) is 11.5 Å². The highest BCUT2D eigenvalue weighted by Crippen LogP contribution is 2.43. The van der Waals surface area contributed by atoms with Crippen molar-refractivity contribution in [3.63, 3.8) is 0 Å². The zero-order chi connectivity index (χ0) is 17.9. The second-order valence-electron chi connectivity index (χ2n) is 7.12. The molecule has 2 aliphatic rings. The number of anilines is 1. The molecule has 0 spiro atoms. The van der Waals surface area contributed by atoms with Crippen molar-refractivity contribution < 1.29 is 9.47 Å². The molecule has 0 amide bonds. The van der Waals surface area contributed by atoms with Gasteiger partial charge >= 0.3 is 0 Å². The predicted octanol–water partition coefficient (Wildman–Crippen LogP) is 2.96. The Balaban J connectivity index is 1.43. The van der Waals surface area contributed by atoms with Crippen molar-refractivity contribution in [2.45, 2.75) is 37.9 Å². The maximum absolute atomic E-state index is 6.13. The van der Waals surface area contributed by atoms with Crippen molar-refractivity contribution in [1.29, 1.82) is 0 Å². The standard InChI is InChI=1S/C20H26N4O2/c1-21-20-22-10-14(11-23-20)12-24-16-7-6-15(8-16)19(24)13-26-18-5-3-4-17(9-18)25-2/h3-5,9-11,15-16,19H,6-8,12-13H2,1-2H3,(H,21,22,23)/t15-,16-,19-/m1/s1. The van der Waals surface area contributed by atoms with E-state index in [2.05, 4.69) is 20.2 Å². The monoisotopic (exact) mass is 354 g/mol. The van der Waals surface area contributed by atoms with E-state index in [4.69, 9.17) is 9.47 Å². The second-order valence-corrected chi connectivity index (χ2v) is 7.12. The quantitative estimate of drug-likeness (QED) is 0.825. The normalized spacial score (nSPS) is 24.6. The van der Waals surface area contributed by atoms with Gasteiger partial charge in [-0.2, -0.15) is 0 Å². The Morgan fingerprint density at radius 1 is 1.19 bits per heavy atom. The first-order valence-electron chi connectivity index (χ1n) is 9.28. The summed E-state index contributed by atoms with van der Waals surface area (Å²) in [6.07, 6.45) is 7.72. The minimum atomic E-state index is 0.448. The molecule has 3 atom stereocenters. The van der Waals surface area contributed by atoms with Gasteiger partial charge < -0.3 is 14.8 Å². The average molecular weight is 354 g/mol. The Morgan fingerprint density at radius 2 is 2.00 bits per heavy atom. The molecule has 1 N–H and O–H groups in total. The van der Waals surface area contributed by atoms with Crippen molar-refractivity contribution in [2.24, 2.45) is 5.92 Å². The zero-order valence-corrected chi connectivity index (χ0v) is 15.4. The predicted molar refractivity (Wildman–Crippen MR) is 101 cm³/mol. The van der Waals surface area contributed by atoms with E-state index in [-0.39, 0.29) is 0 Å². The number of hydrogen-bond acceptors (Lipinski definition) is 6. The van der Waals surface area contributed by atoms with Gasteiger partial charge in [-0.25, -0.2) is 9.97 Å². The maximum atomic E-state index is 6.13. The summed E-state index contributed by atoms with van der Waals surface area (Å²) in [5, 5.41) is 2.97. The zero-order valence-electron chi connectivity index (χ0n) is 15.4. The fraction of sp³-hybridized carbons (Fsp3) is 0.500. The number of ether oxygens (including phenoxy) is 2. The van der Waals surface area contributed by atoms with Crippen molar-refractivity contribution in [2.75, 3.05) is 26.1 Å². The Hall–Kier alpha value is -2.34. The van der Waals surface area contributed by atoms with Gasteiger partial charge in [0, 0.05) is 49.7 Å². The van der Waals surface area contributed by atoms with Gasteiger partial charge in [0.05, 0.1) is 7.11 Å². The van der Waals surface area contributed by atoms with Gasteiger partial charge in [-0.1, -0.05) is 6.07 Å². The number of likely N-dealkylation sites (tertiary alicyclic amines) is 1. The van der Waals surface area contributed by atoms with Gasteiger partial charge in [-0.3, -0.25) is 4.90 Å². The Morgan fingerprint density at radius 3 is 2.77 bits per heavy atom. The van der Waals surface area contributed by atoms with E-state index < -0.39 is 0 Å². The molecule has 2 bridgehead atoms. The molecule has 1 saturated heterocycles. The summed E-state index contributed by atoms with van der Waals surface area (Å²) in [4.78, 5) is 11.3. The first kappa shape index (κ1) is 17.1. The lowest BCUT2D eigenvalue weighted by Gasteiger charge is -2.35. The number of nitrogens with zero attached hydrogens (tertiary/aromatic N) is 3. The summed E-state index contributed by atoms with van der Waals surface area (Å²) >= 11 is 0. The van der Waals surface area contributed by atoms with E-state index in [1.807, 2.05) is 43.7 Å². The van der Waals surface area contributed by atoms with Crippen LogP contribution in [0, 0.1) is 5.92 Å². The van der Waals surface area contributed by atoms with Crippen LogP contribution in [0.4, 0.5) is 5.95 Å². The van der Waals surface area contributed by atoms with E-state index >= 15 is 0 Å². The van der Waals surface area contributed by atoms with Crippen LogP contribution in [0.15, 0.2) is 36.7 Å². The Bertz CT molecular complexity index is 737. The molecule has 138 valence electrons. The van der Waals surface area contributed by atoms with Gasteiger partial charge in [-0.15, -0.1) is 0 Å². The molecular formula is C20H26N4O2. The first-order chi connectivity index (χ1) is 12.8. The molecule has 1 aromatic heterocycles. The van der Waals surface area contributed by atoms with E-state index in [0.717, 1.165) is 29.5 Å². The van der Waals surface area contributed by atoms with Gasteiger partial charge in [0.15, 0.2) is 0 Å². The van der Waals surface area contributed by atoms with E-state index in [0.29, 0.717) is 24.6 Å². The molecule has 0 unspecified atom stereocenters. The van der Waals surface area contributed by atoms with Gasteiger partial charge in [0.25, 0.3) is 0 Å². The maximum Gasteiger partial charge on any atom is 0.222 e. The van der Waals surface area contributed by atoms with E-state index in [9.17, 15) is 0 Å². The number of hydrogen-bond donors (Lipinski definition) is 1. The molecule has 6 heteroatoms. The van der Waals surface area contributed by atoms with Crippen LogP contribution >= 0.6 is 0 Å². The van der Waals surface area contributed by atoms with Crippen LogP contribution in [-0.4, -0.2) is 47.7 Å². The lowest BCUT2D eigenvalue weighted by Crippen LogP contribution is -2.43. The van der Waals surface area contributed by atoms with E-state index in [1.165, 1.54) is 19.3 Å². The molecule has 4 rings (SSSR count). The molecule has 2 aromatic rings. The molecule has 26 heavy (non-hydrogen) atoms. The molecule has 1 aliphatic carbocycles. The molecule has 1 aromatic carbocycles. The van der Waals surface area contributed by atoms with E-state index in [1.54, 1.807) is 7.11 Å². The SMILES string of the molecule is CNc1ncc(CN2[C@@H]3CC[C@H](C3)[C@H]2COc2cccc(OC)c2)cn1. The number of benzene rings is 1. The highest BCUT2D eigenvalue weighted by Gasteiger charge is 2.45. The van der Waals surface area contributed by atoms with Crippen LogP contribution in [0.3, 0.4) is 0 Å². The number of aromatic nitrogens is 2. The molecule has 1 saturated carbocycles. The molecule has 2 heterocycles. The minimum Gasteiger partial charge on any atom is -0.497 e. The summed E-state index contributed by atoms with van der Waals surface area (Å²) in [7, 11) is 3.51. The summed E-state index contributed by atoms with van der Waals surface area (Å²) in [6.45, 7) is 1.60. The van der Waals surface area contributed by atoms with Gasteiger partial charge in [-0.05, 0) is 37.3 Å². The van der Waals surface area contributed by atoms with Crippen LogP contribution in [0.1, 0.15) is 24.8 Å². The molecule has 2 fully saturated rings. The first-order valence-corrected chi connectivity index (χ1v) is 9.28. The minimum absolute atomic E-state index is 0.448. The largest absolute Gasteiger partial charge is 0.497 e. The van der Waals surface area contributed by atoms with Gasteiger partial charge in [0.2, 0.25) is 5.95 Å². The van der Waals surface area contributed by atoms with Crippen LogP contribution in [-0.2, 0) is 6.54 Å². The molecular weight excluding hydrogens is 328 g/mol. The Kier molecular flexibility index (Phi) is 4.93. The highest BCUT2D eigenvalue weighted by atomic mass is 16.5. The van der Waals surface area contributed by atoms with Crippen molar-refractivity contribution in [3.05, 3.63) is 42.2 Å². The lowest BCUT2D eigenvalue weighted by atomic mass is 9.99. The van der Waals surface area contributed by atoms with Crippen molar-refractivity contribution in [3.8, 4) is 11.5 Å². The lowest BCUT2D eigenvalue weighted by molar-refractivity contribution is 0.0865. The third kappa shape index (κ3) is 3.46. The third-order valence-corrected chi connectivity index (χ3v) is 5.64. The van der Waals surface area contributed by atoms with Crippen LogP contribution in [0.25, 0.3) is 0 Å². The summed E-state index contributed by atoms with van der Waals surface area (Å²) in [5.41, 5.74) is 1.16. The summed E-state index contributed by atoms with van der Waals surface area (Å²) in [5.74, 6) is 3.08. The smallest absolute Gasteiger partial charge is 0.222 e. The average Bonchev–Trinajstić information content (AvgIpc) is 3.29. The number of rotatable bonds is 7. The summed E-state index contributed by atoms with van der Waals surface area (Å²) < 4.78 is 11.4. The fourth-order valence-corrected chi connectivity index (χ4v) is 4.31. The number of piperidine rings is 1. The number of fused-ring (bicyclic) bond motifs is 2. The van der Waals surface area contributed by atoms with Crippen LogP contribution < -0.4 is 14.8 Å². The number of nitrogens with one attached hydrogen (secondary N) is 1. The molecule has 0 radical (unpaired) electrons. The number of methoxy groups -OCH3 is 1. The van der Waals surface area contributed by atoms with Crippen LogP contribution in [0.2, 0.25) is 0 Å². The Labute approximate surface area is 154 Å². The third-order valence-electron chi connectivity index (χ3n) is 5.64. The van der Waals surface area contributed by atoms with Crippen molar-refractivity contribution >= 4 is 5.95 Å². The molecule has 1 aliphatic heterocycles. The summed E-state index contributed by atoms with van der Waals surface area (Å²) in [6, 6.07) is 8.94. The second kappa shape index (κ2) is 7.50. The van der Waals surface area contributed by atoms with Gasteiger partial charge in [0.1, 0.15) is 18.1 Å². The molecule has 6 nitrogen and oxygen atoms in total.